The van der Waals surface area contributed by atoms with Gasteiger partial charge in [0.15, 0.2) is 6.54 Å². The molecule has 7 heteroatoms. The minimum atomic E-state index is -0.382. The Morgan fingerprint density at radius 3 is 2.54 bits per heavy atom. The van der Waals surface area contributed by atoms with Crippen LogP contribution in [-0.4, -0.2) is 19.5 Å². The van der Waals surface area contributed by atoms with E-state index in [9.17, 15) is 9.18 Å². The zero-order valence-electron chi connectivity index (χ0n) is 13.2. The van der Waals surface area contributed by atoms with Gasteiger partial charge < -0.3 is 10.2 Å². The highest BCUT2D eigenvalue weighted by atomic mass is 35.5. The number of likely N-dealkylation sites (N-methyl/N-ethyl adjacent to an activating group) is 1. The van der Waals surface area contributed by atoms with Crippen LogP contribution in [0.1, 0.15) is 11.1 Å². The molecule has 3 nitrogen and oxygen atoms in total. The lowest BCUT2D eigenvalue weighted by Crippen LogP contribution is -3.08. The predicted molar refractivity (Wildman–Crippen MR) is 96.7 cm³/mol. The summed E-state index contributed by atoms with van der Waals surface area (Å²) in [6, 6.07) is 7.97. The Morgan fingerprint density at radius 2 is 1.88 bits per heavy atom. The molecule has 0 aromatic heterocycles. The largest absolute Gasteiger partial charge is 0.326 e. The van der Waals surface area contributed by atoms with Crippen LogP contribution in [0.4, 0.5) is 10.1 Å². The van der Waals surface area contributed by atoms with Gasteiger partial charge in [0.1, 0.15) is 12.4 Å². The minimum absolute atomic E-state index is 0.116. The Morgan fingerprint density at radius 1 is 1.17 bits per heavy atom. The van der Waals surface area contributed by atoms with E-state index in [0.29, 0.717) is 26.3 Å². The van der Waals surface area contributed by atoms with Gasteiger partial charge in [-0.15, -0.1) is 0 Å². The van der Waals surface area contributed by atoms with E-state index in [1.165, 1.54) is 6.07 Å². The molecule has 24 heavy (non-hydrogen) atoms. The molecular formula is C17H17Cl3FN2O+. The second-order valence-electron chi connectivity index (χ2n) is 5.61. The van der Waals surface area contributed by atoms with Crippen molar-refractivity contribution in [1.82, 2.24) is 0 Å². The molecule has 128 valence electrons. The van der Waals surface area contributed by atoms with Crippen LogP contribution in [0.15, 0.2) is 30.3 Å². The molecule has 2 rings (SSSR count). The van der Waals surface area contributed by atoms with Gasteiger partial charge in [0, 0.05) is 0 Å². The summed E-state index contributed by atoms with van der Waals surface area (Å²) in [6.45, 7) is 2.23. The summed E-state index contributed by atoms with van der Waals surface area (Å²) in [4.78, 5) is 13.0. The van der Waals surface area contributed by atoms with Crippen LogP contribution in [0.25, 0.3) is 0 Å². The van der Waals surface area contributed by atoms with Crippen LogP contribution < -0.4 is 10.2 Å². The van der Waals surface area contributed by atoms with Gasteiger partial charge in [-0.05, 0) is 30.7 Å². The monoisotopic (exact) mass is 389 g/mol. The number of carbonyl (C=O) groups excluding carboxylic acids is 1. The van der Waals surface area contributed by atoms with Crippen LogP contribution in [0, 0.1) is 12.7 Å². The van der Waals surface area contributed by atoms with E-state index in [2.05, 4.69) is 5.32 Å². The van der Waals surface area contributed by atoms with E-state index in [1.54, 1.807) is 31.3 Å². The second-order valence-corrected chi connectivity index (χ2v) is 6.80. The van der Waals surface area contributed by atoms with Crippen LogP contribution in [0.5, 0.6) is 0 Å². The van der Waals surface area contributed by atoms with Gasteiger partial charge in [0.2, 0.25) is 0 Å². The first kappa shape index (κ1) is 19.0. The molecule has 2 N–H and O–H groups in total. The van der Waals surface area contributed by atoms with E-state index in [-0.39, 0.29) is 24.8 Å². The lowest BCUT2D eigenvalue weighted by molar-refractivity contribution is -0.885. The molecule has 1 amide bonds. The number of benzene rings is 2. The predicted octanol–water partition coefficient (Wildman–Crippen LogP) is 3.75. The molecule has 1 atom stereocenters. The van der Waals surface area contributed by atoms with Crippen molar-refractivity contribution in [3.05, 3.63) is 62.3 Å². The standard InChI is InChI=1S/C17H16Cl3FN2O/c1-10-6-7-13(19)17(16(10)20)22-15(24)9-23(2)8-11-12(18)4-3-5-14(11)21/h3-7H,8-9H2,1-2H3,(H,22,24)/p+1. The molecular weight excluding hydrogens is 374 g/mol. The van der Waals surface area contributed by atoms with Crippen LogP contribution in [-0.2, 0) is 11.3 Å². The summed E-state index contributed by atoms with van der Waals surface area (Å²) in [7, 11) is 1.78. The van der Waals surface area contributed by atoms with E-state index < -0.39 is 0 Å². The molecule has 0 saturated heterocycles. The number of nitrogens with one attached hydrogen (secondary N) is 2. The van der Waals surface area contributed by atoms with Crippen molar-refractivity contribution < 1.29 is 14.1 Å². The average Bonchev–Trinajstić information content (AvgIpc) is 2.51. The lowest BCUT2D eigenvalue weighted by atomic mass is 10.2. The lowest BCUT2D eigenvalue weighted by Gasteiger charge is -2.16. The normalized spacial score (nSPS) is 12.1. The SMILES string of the molecule is Cc1ccc(Cl)c(NC(=O)C[NH+](C)Cc2c(F)cccc2Cl)c1Cl. The molecule has 0 aliphatic carbocycles. The Balaban J connectivity index is 2.04. The number of quaternary nitrogens is 1. The Bertz CT molecular complexity index is 747. The number of halogens is 4. The highest BCUT2D eigenvalue weighted by Crippen LogP contribution is 2.32. The first-order valence-corrected chi connectivity index (χ1v) is 8.41. The molecule has 0 saturated carbocycles. The maximum Gasteiger partial charge on any atom is 0.279 e. The summed E-state index contributed by atoms with van der Waals surface area (Å²) >= 11 is 18.3. The number of hydrogen-bond donors (Lipinski definition) is 2. The summed E-state index contributed by atoms with van der Waals surface area (Å²) in [5.74, 6) is -0.651. The van der Waals surface area contributed by atoms with Gasteiger partial charge in [0.05, 0.1) is 33.4 Å². The highest BCUT2D eigenvalue weighted by molar-refractivity contribution is 6.40. The molecule has 0 aliphatic rings. The van der Waals surface area contributed by atoms with Crippen molar-refractivity contribution in [2.24, 2.45) is 0 Å². The smallest absolute Gasteiger partial charge is 0.279 e. The van der Waals surface area contributed by atoms with Crippen molar-refractivity contribution in [3.8, 4) is 0 Å². The fraction of sp³-hybridized carbons (Fsp3) is 0.235. The summed E-state index contributed by atoms with van der Waals surface area (Å²) in [6.07, 6.45) is 0. The Kier molecular flexibility index (Phi) is 6.47. The fourth-order valence-corrected chi connectivity index (χ4v) is 2.99. The van der Waals surface area contributed by atoms with Crippen molar-refractivity contribution >= 4 is 46.4 Å². The number of rotatable bonds is 5. The number of carbonyl (C=O) groups is 1. The van der Waals surface area contributed by atoms with E-state index in [1.807, 2.05) is 6.92 Å². The van der Waals surface area contributed by atoms with Crippen LogP contribution in [0.3, 0.4) is 0 Å². The summed E-state index contributed by atoms with van der Waals surface area (Å²) in [5.41, 5.74) is 1.59. The fourth-order valence-electron chi connectivity index (χ4n) is 2.29. The third kappa shape index (κ3) is 4.61. The number of anilines is 1. The van der Waals surface area contributed by atoms with Crippen molar-refractivity contribution in [2.75, 3.05) is 18.9 Å². The van der Waals surface area contributed by atoms with Gasteiger partial charge in [0.25, 0.3) is 5.91 Å². The molecule has 0 heterocycles. The van der Waals surface area contributed by atoms with Crippen molar-refractivity contribution in [3.63, 3.8) is 0 Å². The number of hydrogen-bond acceptors (Lipinski definition) is 1. The first-order chi connectivity index (χ1) is 11.3. The molecule has 0 radical (unpaired) electrons. The Labute approximate surface area is 155 Å². The maximum absolute atomic E-state index is 13.8. The molecule has 0 spiro atoms. The molecule has 0 fully saturated rings. The van der Waals surface area contributed by atoms with Gasteiger partial charge >= 0.3 is 0 Å². The zero-order valence-corrected chi connectivity index (χ0v) is 15.5. The van der Waals surface area contributed by atoms with Gasteiger partial charge in [-0.25, -0.2) is 4.39 Å². The number of amides is 1. The summed E-state index contributed by atoms with van der Waals surface area (Å²) < 4.78 is 13.8. The molecule has 2 aromatic rings. The summed E-state index contributed by atoms with van der Waals surface area (Å²) in [5, 5.41) is 3.84. The third-order valence-electron chi connectivity index (χ3n) is 3.55. The highest BCUT2D eigenvalue weighted by Gasteiger charge is 2.17. The Hall–Kier alpha value is -1.33. The second kappa shape index (κ2) is 8.17. The molecule has 0 aliphatic heterocycles. The number of aryl methyl sites for hydroxylation is 1. The van der Waals surface area contributed by atoms with Crippen molar-refractivity contribution in [1.29, 1.82) is 0 Å². The maximum atomic E-state index is 13.8. The zero-order chi connectivity index (χ0) is 17.9. The van der Waals surface area contributed by atoms with Crippen LogP contribution >= 0.6 is 34.8 Å². The third-order valence-corrected chi connectivity index (χ3v) is 4.71. The molecule has 0 bridgehead atoms. The van der Waals surface area contributed by atoms with E-state index in [0.717, 1.165) is 10.5 Å². The van der Waals surface area contributed by atoms with Crippen LogP contribution in [0.2, 0.25) is 15.1 Å². The van der Waals surface area contributed by atoms with E-state index in [4.69, 9.17) is 34.8 Å². The van der Waals surface area contributed by atoms with Gasteiger partial charge in [-0.2, -0.15) is 0 Å². The van der Waals surface area contributed by atoms with Gasteiger partial charge in [-0.3, -0.25) is 4.79 Å². The first-order valence-electron chi connectivity index (χ1n) is 7.28. The van der Waals surface area contributed by atoms with Gasteiger partial charge in [-0.1, -0.05) is 46.9 Å². The van der Waals surface area contributed by atoms with E-state index >= 15 is 0 Å². The molecule has 2 aromatic carbocycles. The minimum Gasteiger partial charge on any atom is -0.326 e. The molecule has 1 unspecified atom stereocenters. The van der Waals surface area contributed by atoms with Crippen molar-refractivity contribution in [2.45, 2.75) is 13.5 Å². The topological polar surface area (TPSA) is 33.5 Å². The average molecular weight is 391 g/mol. The quantitative estimate of drug-likeness (QED) is 0.801.